The first-order valence-corrected chi connectivity index (χ1v) is 10.7. The Morgan fingerprint density at radius 3 is 2.42 bits per heavy atom. The fourth-order valence-corrected chi connectivity index (χ4v) is 2.93. The number of hydrogen-bond acceptors (Lipinski definition) is 8. The number of nitrogens with one attached hydrogen (secondary N) is 1. The molecule has 1 amide bonds. The molecule has 0 bridgehead atoms. The molecule has 36 heavy (non-hydrogen) atoms. The van der Waals surface area contributed by atoms with Crippen molar-refractivity contribution in [1.82, 2.24) is 5.43 Å². The van der Waals surface area contributed by atoms with Gasteiger partial charge in [0.15, 0.2) is 23.4 Å². The van der Waals surface area contributed by atoms with Gasteiger partial charge in [-0.2, -0.15) is 5.10 Å². The molecule has 0 aliphatic heterocycles. The van der Waals surface area contributed by atoms with Crippen LogP contribution in [0.15, 0.2) is 84.0 Å². The third-order valence-electron chi connectivity index (χ3n) is 4.73. The molecule has 10 heteroatoms. The smallest absolute Gasteiger partial charge is 0.336 e. The standard InChI is InChI=1S/C26H23N3O7/c1-18(35-22-11-7-6-10-21(22)29(32)33)26(31)28-27-17-20-12-14-23(24(16-20)34-2)36-25(30)15-13-19-8-4-3-5-9-19/h3-18H,1-2H3,(H,28,31). The fourth-order valence-electron chi connectivity index (χ4n) is 2.93. The Balaban J connectivity index is 1.58. The third kappa shape index (κ3) is 7.26. The number of carbonyl (C=O) groups is 2. The van der Waals surface area contributed by atoms with Crippen LogP contribution in [0.2, 0.25) is 0 Å². The largest absolute Gasteiger partial charge is 0.493 e. The molecular weight excluding hydrogens is 466 g/mol. The Morgan fingerprint density at radius 1 is 0.972 bits per heavy atom. The molecule has 3 rings (SSSR count). The zero-order valence-electron chi connectivity index (χ0n) is 19.5. The predicted molar refractivity (Wildman–Crippen MR) is 133 cm³/mol. The van der Waals surface area contributed by atoms with Crippen LogP contribution in [-0.4, -0.2) is 36.2 Å². The van der Waals surface area contributed by atoms with Crippen LogP contribution in [-0.2, 0) is 9.59 Å². The van der Waals surface area contributed by atoms with Gasteiger partial charge in [-0.3, -0.25) is 14.9 Å². The number of hydrazone groups is 1. The van der Waals surface area contributed by atoms with Gasteiger partial charge in [0, 0.05) is 12.1 Å². The first kappa shape index (κ1) is 25.6. The second-order valence-corrected chi connectivity index (χ2v) is 7.29. The summed E-state index contributed by atoms with van der Waals surface area (Å²) < 4.78 is 16.0. The number of nitro benzene ring substituents is 1. The molecule has 0 fully saturated rings. The summed E-state index contributed by atoms with van der Waals surface area (Å²) in [6, 6.07) is 19.8. The van der Waals surface area contributed by atoms with Crippen LogP contribution in [0.1, 0.15) is 18.1 Å². The van der Waals surface area contributed by atoms with Crippen molar-refractivity contribution in [3.05, 3.63) is 100 Å². The SMILES string of the molecule is COc1cc(C=NNC(=O)C(C)Oc2ccccc2[N+](=O)[O-])ccc1OC(=O)C=Cc1ccccc1. The van der Waals surface area contributed by atoms with Gasteiger partial charge in [0.25, 0.3) is 5.91 Å². The summed E-state index contributed by atoms with van der Waals surface area (Å²) in [5.74, 6) is -0.694. The number of para-hydroxylation sites is 2. The molecule has 0 aromatic heterocycles. The molecule has 10 nitrogen and oxygen atoms in total. The van der Waals surface area contributed by atoms with E-state index in [1.165, 1.54) is 50.6 Å². The Hall–Kier alpha value is -4.99. The summed E-state index contributed by atoms with van der Waals surface area (Å²) in [6.45, 7) is 1.44. The molecule has 0 aliphatic rings. The number of methoxy groups -OCH3 is 1. The second-order valence-electron chi connectivity index (χ2n) is 7.29. The van der Waals surface area contributed by atoms with Gasteiger partial charge in [-0.05, 0) is 48.4 Å². The molecule has 1 atom stereocenters. The quantitative estimate of drug-likeness (QED) is 0.113. The highest BCUT2D eigenvalue weighted by atomic mass is 16.6. The topological polar surface area (TPSA) is 129 Å². The second kappa shape index (κ2) is 12.5. The third-order valence-corrected chi connectivity index (χ3v) is 4.73. The van der Waals surface area contributed by atoms with E-state index in [9.17, 15) is 19.7 Å². The van der Waals surface area contributed by atoms with Gasteiger partial charge in [-0.1, -0.05) is 42.5 Å². The summed E-state index contributed by atoms with van der Waals surface area (Å²) in [7, 11) is 1.43. The number of hydrogen-bond donors (Lipinski definition) is 1. The maximum Gasteiger partial charge on any atom is 0.336 e. The van der Waals surface area contributed by atoms with E-state index in [4.69, 9.17) is 14.2 Å². The van der Waals surface area contributed by atoms with Crippen molar-refractivity contribution in [1.29, 1.82) is 0 Å². The van der Waals surface area contributed by atoms with Gasteiger partial charge < -0.3 is 14.2 Å². The lowest BCUT2D eigenvalue weighted by Crippen LogP contribution is -2.33. The Morgan fingerprint density at radius 2 is 1.69 bits per heavy atom. The van der Waals surface area contributed by atoms with Gasteiger partial charge in [0.2, 0.25) is 0 Å². The van der Waals surface area contributed by atoms with Gasteiger partial charge >= 0.3 is 11.7 Å². The highest BCUT2D eigenvalue weighted by Gasteiger charge is 2.20. The molecular formula is C26H23N3O7. The lowest BCUT2D eigenvalue weighted by Gasteiger charge is -2.12. The van der Waals surface area contributed by atoms with Crippen LogP contribution in [0.25, 0.3) is 6.08 Å². The molecule has 1 unspecified atom stereocenters. The van der Waals surface area contributed by atoms with Crippen LogP contribution in [0.3, 0.4) is 0 Å². The maximum absolute atomic E-state index is 12.3. The number of rotatable bonds is 10. The van der Waals surface area contributed by atoms with E-state index >= 15 is 0 Å². The monoisotopic (exact) mass is 489 g/mol. The van der Waals surface area contributed by atoms with Crippen molar-refractivity contribution in [2.24, 2.45) is 5.10 Å². The summed E-state index contributed by atoms with van der Waals surface area (Å²) in [4.78, 5) is 34.9. The number of benzene rings is 3. The number of amides is 1. The maximum atomic E-state index is 12.3. The van der Waals surface area contributed by atoms with Gasteiger partial charge in [-0.15, -0.1) is 0 Å². The molecule has 0 saturated carbocycles. The molecule has 0 radical (unpaired) electrons. The summed E-state index contributed by atoms with van der Waals surface area (Å²) in [5, 5.41) is 15.0. The number of ether oxygens (including phenoxy) is 3. The number of nitrogens with zero attached hydrogens (tertiary/aromatic N) is 2. The Kier molecular flexibility index (Phi) is 8.88. The average molecular weight is 489 g/mol. The van der Waals surface area contributed by atoms with E-state index < -0.39 is 22.9 Å². The zero-order chi connectivity index (χ0) is 25.9. The minimum atomic E-state index is -1.04. The van der Waals surface area contributed by atoms with Crippen molar-refractivity contribution in [2.45, 2.75) is 13.0 Å². The van der Waals surface area contributed by atoms with Crippen molar-refractivity contribution >= 4 is 29.9 Å². The van der Waals surface area contributed by atoms with Gasteiger partial charge in [-0.25, -0.2) is 10.2 Å². The molecule has 1 N–H and O–H groups in total. The van der Waals surface area contributed by atoms with E-state index in [0.717, 1.165) is 5.56 Å². The van der Waals surface area contributed by atoms with Crippen molar-refractivity contribution in [3.63, 3.8) is 0 Å². The lowest BCUT2D eigenvalue weighted by atomic mass is 10.2. The normalized spacial score (nSPS) is 11.7. The molecule has 0 spiro atoms. The molecule has 0 saturated heterocycles. The number of carbonyl (C=O) groups excluding carboxylic acids is 2. The molecule has 3 aromatic rings. The Bertz CT molecular complexity index is 1290. The van der Waals surface area contributed by atoms with Crippen LogP contribution in [0.4, 0.5) is 5.69 Å². The van der Waals surface area contributed by atoms with Crippen LogP contribution in [0, 0.1) is 10.1 Å². The van der Waals surface area contributed by atoms with Crippen LogP contribution >= 0.6 is 0 Å². The molecule has 0 aliphatic carbocycles. The number of nitro groups is 1. The van der Waals surface area contributed by atoms with Crippen LogP contribution in [0.5, 0.6) is 17.2 Å². The first-order valence-electron chi connectivity index (χ1n) is 10.7. The number of esters is 1. The summed E-state index contributed by atoms with van der Waals surface area (Å²) in [5.41, 5.74) is 3.48. The molecule has 0 heterocycles. The predicted octanol–water partition coefficient (Wildman–Crippen LogP) is 4.14. The molecule has 3 aromatic carbocycles. The zero-order valence-corrected chi connectivity index (χ0v) is 19.5. The van der Waals surface area contributed by atoms with E-state index in [2.05, 4.69) is 10.5 Å². The van der Waals surface area contributed by atoms with Crippen molar-refractivity contribution in [2.75, 3.05) is 7.11 Å². The van der Waals surface area contributed by atoms with Crippen molar-refractivity contribution in [3.8, 4) is 17.2 Å². The minimum Gasteiger partial charge on any atom is -0.493 e. The van der Waals surface area contributed by atoms with Gasteiger partial charge in [0.1, 0.15) is 0 Å². The van der Waals surface area contributed by atoms with E-state index in [-0.39, 0.29) is 17.2 Å². The summed E-state index contributed by atoms with van der Waals surface area (Å²) >= 11 is 0. The highest BCUT2D eigenvalue weighted by Crippen LogP contribution is 2.28. The Labute approximate surface area is 207 Å². The minimum absolute atomic E-state index is 0.0254. The van der Waals surface area contributed by atoms with Crippen molar-refractivity contribution < 1.29 is 28.7 Å². The molecule has 184 valence electrons. The van der Waals surface area contributed by atoms with E-state index in [1.807, 2.05) is 30.3 Å². The fraction of sp³-hybridized carbons (Fsp3) is 0.115. The van der Waals surface area contributed by atoms with E-state index in [1.54, 1.807) is 24.3 Å². The highest BCUT2D eigenvalue weighted by molar-refractivity contribution is 5.89. The van der Waals surface area contributed by atoms with Gasteiger partial charge in [0.05, 0.1) is 18.2 Å². The summed E-state index contributed by atoms with van der Waals surface area (Å²) in [6.07, 6.45) is 3.27. The lowest BCUT2D eigenvalue weighted by molar-refractivity contribution is -0.386. The average Bonchev–Trinajstić information content (AvgIpc) is 2.89. The van der Waals surface area contributed by atoms with E-state index in [0.29, 0.717) is 11.3 Å². The van der Waals surface area contributed by atoms with Crippen LogP contribution < -0.4 is 19.6 Å². The first-order chi connectivity index (χ1) is 17.4.